The number of carbonyl (C=O) groups excluding carboxylic acids is 1. The summed E-state index contributed by atoms with van der Waals surface area (Å²) < 4.78 is 4.74. The van der Waals surface area contributed by atoms with Gasteiger partial charge in [0, 0.05) is 6.04 Å². The van der Waals surface area contributed by atoms with E-state index in [-0.39, 0.29) is 12.0 Å². The van der Waals surface area contributed by atoms with Crippen LogP contribution in [0.4, 0.5) is 0 Å². The highest BCUT2D eigenvalue weighted by atomic mass is 16.5. The molecule has 0 radical (unpaired) electrons. The van der Waals surface area contributed by atoms with Crippen LogP contribution in [0.1, 0.15) is 25.7 Å². The average Bonchev–Trinajstić information content (AvgIpc) is 2.18. The van der Waals surface area contributed by atoms with Gasteiger partial charge >= 0.3 is 5.97 Å². The number of fused-ring (bicyclic) bond motifs is 3. The van der Waals surface area contributed by atoms with Crippen molar-refractivity contribution in [3.63, 3.8) is 0 Å². The Kier molecular flexibility index (Phi) is 2.05. The first kappa shape index (κ1) is 8.05. The molecule has 3 heteroatoms. The molecule has 0 aromatic carbocycles. The summed E-state index contributed by atoms with van der Waals surface area (Å²) in [6.45, 7) is 0. The predicted octanol–water partition coefficient (Wildman–Crippen LogP) is 0.690. The van der Waals surface area contributed by atoms with Crippen LogP contribution in [0.25, 0.3) is 0 Å². The molecule has 3 aliphatic rings. The van der Waals surface area contributed by atoms with Crippen molar-refractivity contribution in [2.24, 2.45) is 5.92 Å². The first-order valence-corrected chi connectivity index (χ1v) is 4.65. The van der Waals surface area contributed by atoms with Crippen molar-refractivity contribution in [1.29, 1.82) is 0 Å². The van der Waals surface area contributed by atoms with Gasteiger partial charge < -0.3 is 10.1 Å². The van der Waals surface area contributed by atoms with Crippen molar-refractivity contribution in [3.05, 3.63) is 0 Å². The molecule has 68 valence electrons. The number of hydrogen-bond donors (Lipinski definition) is 1. The number of rotatable bonds is 1. The topological polar surface area (TPSA) is 38.3 Å². The van der Waals surface area contributed by atoms with Gasteiger partial charge in [0.1, 0.15) is 6.04 Å². The van der Waals surface area contributed by atoms with E-state index in [4.69, 9.17) is 4.74 Å². The van der Waals surface area contributed by atoms with Gasteiger partial charge in [-0.15, -0.1) is 0 Å². The molecule has 2 aliphatic heterocycles. The lowest BCUT2D eigenvalue weighted by Crippen LogP contribution is -2.56. The molecule has 0 aromatic rings. The molecule has 2 bridgehead atoms. The van der Waals surface area contributed by atoms with E-state index < -0.39 is 0 Å². The Morgan fingerprint density at radius 3 is 2.42 bits per heavy atom. The zero-order valence-corrected chi connectivity index (χ0v) is 7.38. The molecule has 0 unspecified atom stereocenters. The molecular formula is C9H15NO2. The number of piperidine rings is 2. The zero-order valence-electron chi connectivity index (χ0n) is 7.38. The summed E-state index contributed by atoms with van der Waals surface area (Å²) in [5, 5.41) is 3.33. The molecule has 1 aliphatic carbocycles. The molecule has 12 heavy (non-hydrogen) atoms. The van der Waals surface area contributed by atoms with Gasteiger partial charge in [-0.05, 0) is 31.6 Å². The molecule has 2 heterocycles. The summed E-state index contributed by atoms with van der Waals surface area (Å²) in [6.07, 6.45) is 4.85. The van der Waals surface area contributed by atoms with Gasteiger partial charge in [-0.2, -0.15) is 0 Å². The van der Waals surface area contributed by atoms with Crippen molar-refractivity contribution in [1.82, 2.24) is 5.32 Å². The van der Waals surface area contributed by atoms with Crippen LogP contribution in [0.5, 0.6) is 0 Å². The molecule has 1 N–H and O–H groups in total. The lowest BCUT2D eigenvalue weighted by molar-refractivity contribution is -0.147. The number of esters is 1. The molecule has 0 spiro atoms. The van der Waals surface area contributed by atoms with E-state index in [0.717, 1.165) is 0 Å². The van der Waals surface area contributed by atoms with E-state index >= 15 is 0 Å². The van der Waals surface area contributed by atoms with Crippen LogP contribution >= 0.6 is 0 Å². The number of methoxy groups -OCH3 is 1. The van der Waals surface area contributed by atoms with E-state index in [1.165, 1.54) is 32.8 Å². The van der Waals surface area contributed by atoms with E-state index in [0.29, 0.717) is 12.0 Å². The Bertz CT molecular complexity index is 185. The number of ether oxygens (including phenoxy) is 1. The fourth-order valence-corrected chi connectivity index (χ4v) is 2.40. The monoisotopic (exact) mass is 169 g/mol. The van der Waals surface area contributed by atoms with Crippen molar-refractivity contribution in [2.75, 3.05) is 7.11 Å². The van der Waals surface area contributed by atoms with Gasteiger partial charge in [0.2, 0.25) is 0 Å². The second-order valence-electron chi connectivity index (χ2n) is 3.78. The van der Waals surface area contributed by atoms with Gasteiger partial charge in [0.05, 0.1) is 7.11 Å². The minimum atomic E-state index is -0.0793. The quantitative estimate of drug-likeness (QED) is 0.587. The predicted molar refractivity (Wildman–Crippen MR) is 44.7 cm³/mol. The summed E-state index contributed by atoms with van der Waals surface area (Å²) in [5.41, 5.74) is 0. The third kappa shape index (κ3) is 1.22. The molecule has 0 aromatic heterocycles. The van der Waals surface area contributed by atoms with Crippen LogP contribution in [-0.4, -0.2) is 25.2 Å². The first-order chi connectivity index (χ1) is 5.81. The number of nitrogens with one attached hydrogen (secondary N) is 1. The maximum absolute atomic E-state index is 11.3. The third-order valence-corrected chi connectivity index (χ3v) is 3.11. The van der Waals surface area contributed by atoms with Crippen LogP contribution in [0.2, 0.25) is 0 Å². The maximum atomic E-state index is 11.3. The van der Waals surface area contributed by atoms with Gasteiger partial charge in [-0.3, -0.25) is 4.79 Å². The summed E-state index contributed by atoms with van der Waals surface area (Å²) in [5.74, 6) is 0.451. The second kappa shape index (κ2) is 3.05. The molecule has 3 nitrogen and oxygen atoms in total. The Hall–Kier alpha value is -0.570. The highest BCUT2D eigenvalue weighted by Crippen LogP contribution is 2.33. The first-order valence-electron chi connectivity index (χ1n) is 4.65. The fourth-order valence-electron chi connectivity index (χ4n) is 2.40. The van der Waals surface area contributed by atoms with Crippen molar-refractivity contribution in [3.8, 4) is 0 Å². The van der Waals surface area contributed by atoms with Crippen molar-refractivity contribution < 1.29 is 9.53 Å². The van der Waals surface area contributed by atoms with Crippen LogP contribution < -0.4 is 5.32 Å². The maximum Gasteiger partial charge on any atom is 0.323 e. The van der Waals surface area contributed by atoms with E-state index in [9.17, 15) is 4.79 Å². The Labute approximate surface area is 72.5 Å². The lowest BCUT2D eigenvalue weighted by atomic mass is 9.76. The minimum Gasteiger partial charge on any atom is -0.468 e. The minimum absolute atomic E-state index is 0.0116. The van der Waals surface area contributed by atoms with Gasteiger partial charge in [-0.1, -0.05) is 0 Å². The smallest absolute Gasteiger partial charge is 0.323 e. The summed E-state index contributed by atoms with van der Waals surface area (Å²) in [4.78, 5) is 11.3. The number of hydrogen-bond acceptors (Lipinski definition) is 3. The Morgan fingerprint density at radius 1 is 1.33 bits per heavy atom. The Morgan fingerprint density at radius 2 is 2.00 bits per heavy atom. The standard InChI is InChI=1S/C9H15NO2/c1-12-9(11)8-6-2-4-7(10-8)5-3-6/h6-8,10H,2-5H2,1H3/t6?,7?,8-/m1/s1. The van der Waals surface area contributed by atoms with Crippen molar-refractivity contribution >= 4 is 5.97 Å². The molecular weight excluding hydrogens is 154 g/mol. The van der Waals surface area contributed by atoms with Crippen molar-refractivity contribution in [2.45, 2.75) is 37.8 Å². The van der Waals surface area contributed by atoms with Crippen LogP contribution in [0.3, 0.4) is 0 Å². The van der Waals surface area contributed by atoms with Gasteiger partial charge in [-0.25, -0.2) is 0 Å². The number of carbonyl (C=O) groups is 1. The lowest BCUT2D eigenvalue weighted by Gasteiger charge is -2.41. The molecule has 1 atom stereocenters. The van der Waals surface area contributed by atoms with Crippen LogP contribution in [0, 0.1) is 5.92 Å². The van der Waals surface area contributed by atoms with E-state index in [2.05, 4.69) is 5.32 Å². The normalized spacial score (nSPS) is 39.6. The van der Waals surface area contributed by atoms with E-state index in [1.807, 2.05) is 0 Å². The Balaban J connectivity index is 2.03. The summed E-state index contributed by atoms with van der Waals surface area (Å²) in [7, 11) is 1.46. The summed E-state index contributed by atoms with van der Waals surface area (Å²) >= 11 is 0. The van der Waals surface area contributed by atoms with E-state index in [1.54, 1.807) is 0 Å². The summed E-state index contributed by atoms with van der Waals surface area (Å²) in [6, 6.07) is 0.557. The van der Waals surface area contributed by atoms with Gasteiger partial charge in [0.25, 0.3) is 0 Å². The van der Waals surface area contributed by atoms with Crippen LogP contribution in [-0.2, 0) is 9.53 Å². The molecule has 1 saturated carbocycles. The molecule has 3 fully saturated rings. The highest BCUT2D eigenvalue weighted by Gasteiger charge is 2.39. The van der Waals surface area contributed by atoms with Gasteiger partial charge in [0.15, 0.2) is 0 Å². The molecule has 2 saturated heterocycles. The largest absolute Gasteiger partial charge is 0.468 e. The molecule has 0 amide bonds. The molecule has 3 rings (SSSR count). The fraction of sp³-hybridized carbons (Fsp3) is 0.889. The third-order valence-electron chi connectivity index (χ3n) is 3.11. The zero-order chi connectivity index (χ0) is 8.55. The SMILES string of the molecule is COC(=O)[C@@H]1NC2CCC1CC2. The highest BCUT2D eigenvalue weighted by molar-refractivity contribution is 5.76. The van der Waals surface area contributed by atoms with Crippen LogP contribution in [0.15, 0.2) is 0 Å². The average molecular weight is 169 g/mol. The second-order valence-corrected chi connectivity index (χ2v) is 3.78.